The topological polar surface area (TPSA) is 88.0 Å². The van der Waals surface area contributed by atoms with E-state index in [0.29, 0.717) is 28.9 Å². The van der Waals surface area contributed by atoms with Crippen LogP contribution >= 0.6 is 0 Å². The highest BCUT2D eigenvalue weighted by Gasteiger charge is 2.22. The van der Waals surface area contributed by atoms with Crippen molar-refractivity contribution in [3.8, 4) is 0 Å². The number of fused-ring (bicyclic) bond motifs is 1. The molecule has 1 heterocycles. The van der Waals surface area contributed by atoms with Crippen molar-refractivity contribution in [2.45, 2.75) is 4.90 Å². The molecule has 0 aromatic heterocycles. The molecular formula is C13H9N3O3S2. The molecule has 0 fully saturated rings. The van der Waals surface area contributed by atoms with Crippen molar-refractivity contribution < 1.29 is 13.2 Å². The molecule has 3 rings (SSSR count). The highest BCUT2D eigenvalue weighted by Crippen LogP contribution is 2.37. The average Bonchev–Trinajstić information content (AvgIpc) is 2.95. The Morgan fingerprint density at radius 1 is 1.10 bits per heavy atom. The Labute approximate surface area is 124 Å². The largest absolute Gasteiger partial charge is 0.298 e. The Kier molecular flexibility index (Phi) is 3.40. The summed E-state index contributed by atoms with van der Waals surface area (Å²) < 4.78 is 35.4. The fourth-order valence-electron chi connectivity index (χ4n) is 1.88. The van der Waals surface area contributed by atoms with Crippen molar-refractivity contribution in [3.05, 3.63) is 48.0 Å². The van der Waals surface area contributed by atoms with Crippen LogP contribution in [0, 0.1) is 0 Å². The molecule has 0 saturated heterocycles. The number of benzene rings is 2. The predicted molar refractivity (Wildman–Crippen MR) is 80.6 cm³/mol. The zero-order valence-electron chi connectivity index (χ0n) is 10.6. The molecule has 106 valence electrons. The Morgan fingerprint density at radius 3 is 2.71 bits per heavy atom. The number of nitrogens with zero attached hydrogens (tertiary/aromatic N) is 2. The van der Waals surface area contributed by atoms with E-state index in [0.717, 1.165) is 11.4 Å². The third-order valence-corrected chi connectivity index (χ3v) is 4.77. The number of hydrogen-bond donors (Lipinski definition) is 1. The van der Waals surface area contributed by atoms with Gasteiger partial charge >= 0.3 is 0 Å². The number of nitrogens with one attached hydrogen (secondary N) is 1. The van der Waals surface area contributed by atoms with Crippen LogP contribution in [0.25, 0.3) is 0 Å². The van der Waals surface area contributed by atoms with Crippen LogP contribution in [0.15, 0.2) is 56.1 Å². The van der Waals surface area contributed by atoms with Gasteiger partial charge in [-0.3, -0.25) is 9.52 Å². The maximum atomic E-state index is 12.5. The molecule has 1 aliphatic heterocycles. The first-order chi connectivity index (χ1) is 10.1. The van der Waals surface area contributed by atoms with E-state index < -0.39 is 10.0 Å². The lowest BCUT2D eigenvalue weighted by Gasteiger charge is -2.10. The summed E-state index contributed by atoms with van der Waals surface area (Å²) in [6.45, 7) is 0. The minimum Gasteiger partial charge on any atom is -0.298 e. The van der Waals surface area contributed by atoms with E-state index in [1.54, 1.807) is 30.3 Å². The molecule has 0 bridgehead atoms. The minimum atomic E-state index is -3.80. The van der Waals surface area contributed by atoms with Crippen molar-refractivity contribution in [1.29, 1.82) is 0 Å². The number of carbonyl (C=O) groups excluding carboxylic acids is 1. The van der Waals surface area contributed by atoms with E-state index in [4.69, 9.17) is 0 Å². The molecule has 0 radical (unpaired) electrons. The molecule has 6 nitrogen and oxygen atoms in total. The molecule has 0 amide bonds. The van der Waals surface area contributed by atoms with Gasteiger partial charge in [0.25, 0.3) is 10.0 Å². The van der Waals surface area contributed by atoms with Gasteiger partial charge in [-0.05, 0) is 24.3 Å². The summed E-state index contributed by atoms with van der Waals surface area (Å²) in [5.41, 5.74) is 1.58. The van der Waals surface area contributed by atoms with Gasteiger partial charge in [0.15, 0.2) is 0 Å². The number of rotatable bonds is 4. The first-order valence-electron chi connectivity index (χ1n) is 5.89. The smallest absolute Gasteiger partial charge is 0.264 e. The van der Waals surface area contributed by atoms with Crippen LogP contribution in [0.5, 0.6) is 0 Å². The van der Waals surface area contributed by atoms with Gasteiger partial charge in [-0.2, -0.15) is 8.73 Å². The first kappa shape index (κ1) is 13.7. The summed E-state index contributed by atoms with van der Waals surface area (Å²) in [7, 11) is -3.80. The van der Waals surface area contributed by atoms with Gasteiger partial charge in [-0.25, -0.2) is 8.42 Å². The number of sulfonamides is 1. The highest BCUT2D eigenvalue weighted by molar-refractivity contribution is 7.93. The van der Waals surface area contributed by atoms with E-state index in [9.17, 15) is 13.2 Å². The van der Waals surface area contributed by atoms with E-state index in [1.165, 1.54) is 12.1 Å². The van der Waals surface area contributed by atoms with Crippen LogP contribution in [-0.4, -0.2) is 14.7 Å². The van der Waals surface area contributed by atoms with Gasteiger partial charge < -0.3 is 0 Å². The molecular weight excluding hydrogens is 310 g/mol. The Morgan fingerprint density at radius 2 is 1.90 bits per heavy atom. The number of hydrogen-bond acceptors (Lipinski definition) is 5. The second-order valence-corrected chi connectivity index (χ2v) is 6.42. The highest BCUT2D eigenvalue weighted by atomic mass is 32.2. The predicted octanol–water partition coefficient (Wildman–Crippen LogP) is 3.03. The monoisotopic (exact) mass is 319 g/mol. The first-order valence-corrected chi connectivity index (χ1v) is 8.11. The summed E-state index contributed by atoms with van der Waals surface area (Å²) in [5.74, 6) is 0. The van der Waals surface area contributed by atoms with Crippen LogP contribution in [0.1, 0.15) is 10.4 Å². The Bertz CT molecular complexity index is 901. The van der Waals surface area contributed by atoms with Crippen molar-refractivity contribution in [3.63, 3.8) is 0 Å². The van der Waals surface area contributed by atoms with Crippen molar-refractivity contribution in [2.75, 3.05) is 4.72 Å². The maximum Gasteiger partial charge on any atom is 0.264 e. The fraction of sp³-hybridized carbons (Fsp3) is 0. The van der Waals surface area contributed by atoms with Gasteiger partial charge in [0.05, 0.1) is 11.4 Å². The lowest BCUT2D eigenvalue weighted by Crippen LogP contribution is -2.13. The normalized spacial score (nSPS) is 12.6. The van der Waals surface area contributed by atoms with E-state index in [2.05, 4.69) is 13.4 Å². The van der Waals surface area contributed by atoms with Gasteiger partial charge in [0.2, 0.25) is 0 Å². The molecule has 0 unspecified atom stereocenters. The second-order valence-electron chi connectivity index (χ2n) is 4.24. The van der Waals surface area contributed by atoms with Crippen molar-refractivity contribution >= 4 is 44.7 Å². The quantitative estimate of drug-likeness (QED) is 0.750. The Balaban J connectivity index is 2.00. The second kappa shape index (κ2) is 5.23. The summed E-state index contributed by atoms with van der Waals surface area (Å²) in [4.78, 5) is 10.8. The van der Waals surface area contributed by atoms with Crippen LogP contribution in [0.4, 0.5) is 17.1 Å². The van der Waals surface area contributed by atoms with E-state index in [-0.39, 0.29) is 4.90 Å². The van der Waals surface area contributed by atoms with Gasteiger partial charge in [0, 0.05) is 11.3 Å². The van der Waals surface area contributed by atoms with E-state index >= 15 is 0 Å². The molecule has 0 aliphatic carbocycles. The molecule has 1 aliphatic rings. The molecule has 1 N–H and O–H groups in total. The molecule has 8 heteroatoms. The lowest BCUT2D eigenvalue weighted by molar-refractivity contribution is 0.112. The number of anilines is 1. The maximum absolute atomic E-state index is 12.5. The summed E-state index contributed by atoms with van der Waals surface area (Å²) in [5, 5.41) is 0. The SMILES string of the molecule is O=Cc1cccc(NS(=O)(=O)c2cccc3c2N=S=N3)c1. The number of aldehydes is 1. The zero-order chi connectivity index (χ0) is 14.9. The zero-order valence-corrected chi connectivity index (χ0v) is 12.2. The van der Waals surface area contributed by atoms with Crippen LogP contribution in [-0.2, 0) is 21.4 Å². The third-order valence-electron chi connectivity index (χ3n) is 2.81. The Hall–Kier alpha value is -2.32. The van der Waals surface area contributed by atoms with Crippen LogP contribution in [0.2, 0.25) is 0 Å². The summed E-state index contributed by atoms with van der Waals surface area (Å²) >= 11 is 0.957. The van der Waals surface area contributed by atoms with Crippen molar-refractivity contribution in [1.82, 2.24) is 0 Å². The van der Waals surface area contributed by atoms with Crippen LogP contribution in [0.3, 0.4) is 0 Å². The van der Waals surface area contributed by atoms with Gasteiger partial charge in [-0.1, -0.05) is 18.2 Å². The third kappa shape index (κ3) is 2.63. The minimum absolute atomic E-state index is 0.0604. The van der Waals surface area contributed by atoms with Gasteiger partial charge in [0.1, 0.15) is 22.6 Å². The van der Waals surface area contributed by atoms with Gasteiger partial charge in [-0.15, -0.1) is 0 Å². The standard InChI is InChI=1S/C13H9N3O3S2/c17-8-9-3-1-4-10(7-9)16-21(18,19)12-6-2-5-11-13(12)15-20-14-11/h1-8,16H. The molecule has 0 spiro atoms. The molecule has 21 heavy (non-hydrogen) atoms. The number of carbonyl (C=O) groups is 1. The molecule has 0 saturated carbocycles. The summed E-state index contributed by atoms with van der Waals surface area (Å²) in [6.07, 6.45) is 0.656. The van der Waals surface area contributed by atoms with Crippen molar-refractivity contribution in [2.24, 2.45) is 8.73 Å². The molecule has 2 aromatic rings. The van der Waals surface area contributed by atoms with Crippen LogP contribution < -0.4 is 4.72 Å². The fourth-order valence-corrected chi connectivity index (χ4v) is 3.70. The average molecular weight is 319 g/mol. The van der Waals surface area contributed by atoms with E-state index in [1.807, 2.05) is 0 Å². The molecule has 0 atom stereocenters. The summed E-state index contributed by atoms with van der Waals surface area (Å²) in [6, 6.07) is 11.0. The molecule has 2 aromatic carbocycles. The lowest BCUT2D eigenvalue weighted by atomic mass is 10.2.